The van der Waals surface area contributed by atoms with E-state index in [9.17, 15) is 0 Å². The SMILES string of the molecule is CCc1[nH]c(-c2ccncc2C)nc(=S)c1C. The summed E-state index contributed by atoms with van der Waals surface area (Å²) in [4.78, 5) is 11.9. The van der Waals surface area contributed by atoms with Gasteiger partial charge in [-0.25, -0.2) is 4.98 Å². The van der Waals surface area contributed by atoms with E-state index < -0.39 is 0 Å². The fraction of sp³-hybridized carbons (Fsp3) is 0.308. The Hall–Kier alpha value is -1.55. The number of aryl methyl sites for hydroxylation is 2. The average molecular weight is 245 g/mol. The van der Waals surface area contributed by atoms with E-state index in [1.54, 1.807) is 6.20 Å². The van der Waals surface area contributed by atoms with E-state index in [1.807, 2.05) is 26.1 Å². The van der Waals surface area contributed by atoms with Crippen molar-refractivity contribution >= 4 is 12.2 Å². The van der Waals surface area contributed by atoms with E-state index in [-0.39, 0.29) is 0 Å². The molecule has 2 aromatic rings. The monoisotopic (exact) mass is 245 g/mol. The minimum absolute atomic E-state index is 0.673. The number of hydrogen-bond donors (Lipinski definition) is 1. The molecule has 0 spiro atoms. The van der Waals surface area contributed by atoms with Crippen LogP contribution in [0.25, 0.3) is 11.4 Å². The number of pyridine rings is 1. The summed E-state index contributed by atoms with van der Waals surface area (Å²) in [5.74, 6) is 0.831. The lowest BCUT2D eigenvalue weighted by atomic mass is 10.1. The van der Waals surface area contributed by atoms with Crippen molar-refractivity contribution in [3.05, 3.63) is 39.9 Å². The molecule has 4 heteroatoms. The fourth-order valence-electron chi connectivity index (χ4n) is 1.80. The van der Waals surface area contributed by atoms with Gasteiger partial charge in [0, 0.05) is 29.2 Å². The molecule has 0 unspecified atom stereocenters. The third-order valence-electron chi connectivity index (χ3n) is 2.89. The van der Waals surface area contributed by atoms with E-state index in [4.69, 9.17) is 12.2 Å². The van der Waals surface area contributed by atoms with Crippen molar-refractivity contribution in [2.24, 2.45) is 0 Å². The molecule has 0 fully saturated rings. The minimum Gasteiger partial charge on any atom is -0.343 e. The molecule has 0 radical (unpaired) electrons. The van der Waals surface area contributed by atoms with Crippen LogP contribution in [0.2, 0.25) is 0 Å². The lowest BCUT2D eigenvalue weighted by Gasteiger charge is -2.09. The number of aromatic nitrogens is 3. The normalized spacial score (nSPS) is 10.5. The molecule has 0 aliphatic rings. The summed E-state index contributed by atoms with van der Waals surface area (Å²) in [6, 6.07) is 1.96. The number of rotatable bonds is 2. The number of nitrogens with zero attached hydrogens (tertiary/aromatic N) is 2. The Morgan fingerprint density at radius 3 is 2.76 bits per heavy atom. The third-order valence-corrected chi connectivity index (χ3v) is 3.28. The second-order valence-corrected chi connectivity index (χ2v) is 4.42. The molecule has 2 aromatic heterocycles. The van der Waals surface area contributed by atoms with Crippen molar-refractivity contribution in [2.45, 2.75) is 27.2 Å². The Labute approximate surface area is 106 Å². The predicted octanol–water partition coefficient (Wildman–Crippen LogP) is 3.38. The Kier molecular flexibility index (Phi) is 3.33. The largest absolute Gasteiger partial charge is 0.343 e. The molecule has 0 atom stereocenters. The van der Waals surface area contributed by atoms with E-state index in [2.05, 4.69) is 21.9 Å². The standard InChI is InChI=1S/C13H15N3S/c1-4-11-9(3)13(17)16-12(15-11)10-5-6-14-7-8(10)2/h5-7H,4H2,1-3H3,(H,15,16,17). The molecule has 17 heavy (non-hydrogen) atoms. The highest BCUT2D eigenvalue weighted by atomic mass is 32.1. The Morgan fingerprint density at radius 2 is 2.12 bits per heavy atom. The number of nitrogens with one attached hydrogen (secondary N) is 1. The molecule has 88 valence electrons. The van der Waals surface area contributed by atoms with Crippen LogP contribution in [0.5, 0.6) is 0 Å². The van der Waals surface area contributed by atoms with Crippen molar-refractivity contribution in [1.29, 1.82) is 0 Å². The maximum absolute atomic E-state index is 5.29. The van der Waals surface area contributed by atoms with Gasteiger partial charge in [-0.3, -0.25) is 4.98 Å². The highest BCUT2D eigenvalue weighted by Gasteiger charge is 2.07. The van der Waals surface area contributed by atoms with Gasteiger partial charge in [-0.2, -0.15) is 0 Å². The second-order valence-electron chi connectivity index (χ2n) is 4.04. The Morgan fingerprint density at radius 1 is 1.35 bits per heavy atom. The van der Waals surface area contributed by atoms with Gasteiger partial charge in [0.05, 0.1) is 0 Å². The smallest absolute Gasteiger partial charge is 0.139 e. The van der Waals surface area contributed by atoms with Crippen LogP contribution in [0.15, 0.2) is 18.5 Å². The lowest BCUT2D eigenvalue weighted by molar-refractivity contribution is 0.967. The second kappa shape index (κ2) is 4.75. The Bertz CT molecular complexity index is 602. The summed E-state index contributed by atoms with van der Waals surface area (Å²) in [5, 5.41) is 0. The first-order valence-electron chi connectivity index (χ1n) is 5.64. The van der Waals surface area contributed by atoms with Crippen LogP contribution in [0.3, 0.4) is 0 Å². The van der Waals surface area contributed by atoms with Crippen molar-refractivity contribution in [2.75, 3.05) is 0 Å². The van der Waals surface area contributed by atoms with Crippen LogP contribution in [0.1, 0.15) is 23.7 Å². The first kappa shape index (κ1) is 11.9. The summed E-state index contributed by atoms with van der Waals surface area (Å²) < 4.78 is 0.673. The molecular formula is C13H15N3S. The van der Waals surface area contributed by atoms with Crippen LogP contribution < -0.4 is 0 Å². The van der Waals surface area contributed by atoms with Gasteiger partial charge >= 0.3 is 0 Å². The van der Waals surface area contributed by atoms with E-state index in [0.717, 1.165) is 34.6 Å². The molecule has 3 nitrogen and oxygen atoms in total. The molecule has 1 N–H and O–H groups in total. The maximum atomic E-state index is 5.29. The zero-order valence-corrected chi connectivity index (χ0v) is 11.1. The van der Waals surface area contributed by atoms with Crippen LogP contribution in [-0.2, 0) is 6.42 Å². The quantitative estimate of drug-likeness (QED) is 0.825. The van der Waals surface area contributed by atoms with Gasteiger partial charge in [0.25, 0.3) is 0 Å². The molecule has 2 heterocycles. The molecule has 0 saturated heterocycles. The average Bonchev–Trinajstić information content (AvgIpc) is 2.33. The highest BCUT2D eigenvalue weighted by Crippen LogP contribution is 2.20. The first-order chi connectivity index (χ1) is 8.13. The highest BCUT2D eigenvalue weighted by molar-refractivity contribution is 7.71. The van der Waals surface area contributed by atoms with Crippen LogP contribution in [-0.4, -0.2) is 15.0 Å². The van der Waals surface area contributed by atoms with Crippen molar-refractivity contribution in [1.82, 2.24) is 15.0 Å². The molecule has 0 bridgehead atoms. The van der Waals surface area contributed by atoms with Crippen LogP contribution in [0, 0.1) is 18.5 Å². The number of aromatic amines is 1. The maximum Gasteiger partial charge on any atom is 0.139 e. The van der Waals surface area contributed by atoms with Crippen LogP contribution in [0.4, 0.5) is 0 Å². The summed E-state index contributed by atoms with van der Waals surface area (Å²) >= 11 is 5.29. The summed E-state index contributed by atoms with van der Waals surface area (Å²) in [6.45, 7) is 6.14. The minimum atomic E-state index is 0.673. The fourth-order valence-corrected chi connectivity index (χ4v) is 2.01. The number of hydrogen-bond acceptors (Lipinski definition) is 3. The number of H-pyrrole nitrogens is 1. The van der Waals surface area contributed by atoms with Crippen molar-refractivity contribution < 1.29 is 0 Å². The molecule has 0 amide bonds. The Balaban J connectivity index is 2.66. The summed E-state index contributed by atoms with van der Waals surface area (Å²) in [6.07, 6.45) is 4.53. The molecule has 2 rings (SSSR count). The first-order valence-corrected chi connectivity index (χ1v) is 6.05. The van der Waals surface area contributed by atoms with E-state index in [0.29, 0.717) is 4.64 Å². The van der Waals surface area contributed by atoms with Crippen molar-refractivity contribution in [3.8, 4) is 11.4 Å². The molecule has 0 aliphatic heterocycles. The van der Waals surface area contributed by atoms with E-state index in [1.165, 1.54) is 0 Å². The lowest BCUT2D eigenvalue weighted by Crippen LogP contribution is -2.00. The van der Waals surface area contributed by atoms with Gasteiger partial charge in [-0.1, -0.05) is 19.1 Å². The molecule has 0 aliphatic carbocycles. The van der Waals surface area contributed by atoms with Crippen molar-refractivity contribution in [3.63, 3.8) is 0 Å². The molecule has 0 saturated carbocycles. The third kappa shape index (κ3) is 2.26. The van der Waals surface area contributed by atoms with Gasteiger partial charge in [0.2, 0.25) is 0 Å². The van der Waals surface area contributed by atoms with Gasteiger partial charge < -0.3 is 4.98 Å². The van der Waals surface area contributed by atoms with Gasteiger partial charge in [0.15, 0.2) is 0 Å². The molecule has 0 aromatic carbocycles. The zero-order valence-electron chi connectivity index (χ0n) is 10.2. The topological polar surface area (TPSA) is 41.6 Å². The predicted molar refractivity (Wildman–Crippen MR) is 71.5 cm³/mol. The summed E-state index contributed by atoms with van der Waals surface area (Å²) in [7, 11) is 0. The van der Waals surface area contributed by atoms with Crippen LogP contribution >= 0.6 is 12.2 Å². The van der Waals surface area contributed by atoms with Gasteiger partial charge in [-0.15, -0.1) is 0 Å². The molecular weight excluding hydrogens is 230 g/mol. The van der Waals surface area contributed by atoms with E-state index >= 15 is 0 Å². The van der Waals surface area contributed by atoms with Gasteiger partial charge in [-0.05, 0) is 31.9 Å². The van der Waals surface area contributed by atoms with Gasteiger partial charge in [0.1, 0.15) is 10.5 Å². The zero-order chi connectivity index (χ0) is 12.4. The summed E-state index contributed by atoms with van der Waals surface area (Å²) in [5.41, 5.74) is 4.37.